The maximum atomic E-state index is 11.4. The van der Waals surface area contributed by atoms with E-state index < -0.39 is 0 Å². The first-order valence-electron chi connectivity index (χ1n) is 4.54. The Morgan fingerprint density at radius 1 is 1.40 bits per heavy atom. The smallest absolute Gasteiger partial charge is 0.270 e. The van der Waals surface area contributed by atoms with Gasteiger partial charge in [-0.15, -0.1) is 11.3 Å². The number of nitrogens with zero attached hydrogens (tertiary/aromatic N) is 1. The molecular formula is C9H13N3O2S. The highest BCUT2D eigenvalue weighted by atomic mass is 32.1. The molecule has 0 aliphatic heterocycles. The van der Waals surface area contributed by atoms with Gasteiger partial charge in [0.2, 0.25) is 5.91 Å². The molecule has 15 heavy (non-hydrogen) atoms. The highest BCUT2D eigenvalue weighted by molar-refractivity contribution is 7.09. The van der Waals surface area contributed by atoms with Crippen LogP contribution in [-0.2, 0) is 4.79 Å². The SMILES string of the molecule is CC(=O)NCCNC(=O)c1csc(C)n1. The Balaban J connectivity index is 2.28. The summed E-state index contributed by atoms with van der Waals surface area (Å²) in [5.41, 5.74) is 0.431. The van der Waals surface area contributed by atoms with Crippen molar-refractivity contribution >= 4 is 23.2 Å². The second-order valence-electron chi connectivity index (χ2n) is 2.99. The van der Waals surface area contributed by atoms with Crippen molar-refractivity contribution in [3.63, 3.8) is 0 Å². The molecule has 5 nitrogen and oxygen atoms in total. The van der Waals surface area contributed by atoms with Crippen LogP contribution in [0.3, 0.4) is 0 Å². The third kappa shape index (κ3) is 4.07. The van der Waals surface area contributed by atoms with E-state index in [1.165, 1.54) is 18.3 Å². The van der Waals surface area contributed by atoms with Gasteiger partial charge in [-0.3, -0.25) is 9.59 Å². The van der Waals surface area contributed by atoms with Gasteiger partial charge in [-0.2, -0.15) is 0 Å². The Kier molecular flexibility index (Phi) is 4.23. The Morgan fingerprint density at radius 2 is 2.07 bits per heavy atom. The zero-order chi connectivity index (χ0) is 11.3. The molecule has 0 saturated heterocycles. The average molecular weight is 227 g/mol. The average Bonchev–Trinajstić information content (AvgIpc) is 2.59. The lowest BCUT2D eigenvalue weighted by Crippen LogP contribution is -2.33. The van der Waals surface area contributed by atoms with Crippen LogP contribution in [-0.4, -0.2) is 29.9 Å². The van der Waals surface area contributed by atoms with Crippen molar-refractivity contribution < 1.29 is 9.59 Å². The molecule has 0 spiro atoms. The van der Waals surface area contributed by atoms with Crippen LogP contribution in [0.15, 0.2) is 5.38 Å². The summed E-state index contributed by atoms with van der Waals surface area (Å²) in [6.45, 7) is 4.13. The van der Waals surface area contributed by atoms with E-state index in [4.69, 9.17) is 0 Å². The molecule has 0 aliphatic carbocycles. The van der Waals surface area contributed by atoms with Crippen molar-refractivity contribution in [1.29, 1.82) is 0 Å². The summed E-state index contributed by atoms with van der Waals surface area (Å²) in [5, 5.41) is 7.82. The molecule has 2 amide bonds. The van der Waals surface area contributed by atoms with Gasteiger partial charge in [-0.05, 0) is 6.92 Å². The molecule has 0 fully saturated rings. The van der Waals surface area contributed by atoms with Crippen molar-refractivity contribution in [3.8, 4) is 0 Å². The Bertz CT molecular complexity index is 362. The quantitative estimate of drug-likeness (QED) is 0.728. The van der Waals surface area contributed by atoms with Crippen molar-refractivity contribution in [2.24, 2.45) is 0 Å². The predicted molar refractivity (Wildman–Crippen MR) is 57.9 cm³/mol. The third-order valence-corrected chi connectivity index (χ3v) is 2.41. The summed E-state index contributed by atoms with van der Waals surface area (Å²) in [7, 11) is 0. The van der Waals surface area contributed by atoms with Crippen LogP contribution >= 0.6 is 11.3 Å². The second kappa shape index (κ2) is 5.45. The number of hydrogen-bond acceptors (Lipinski definition) is 4. The maximum Gasteiger partial charge on any atom is 0.270 e. The molecule has 1 rings (SSSR count). The lowest BCUT2D eigenvalue weighted by Gasteiger charge is -2.03. The molecule has 1 heterocycles. The molecule has 0 atom stereocenters. The molecule has 6 heteroatoms. The minimum absolute atomic E-state index is 0.103. The number of nitrogens with one attached hydrogen (secondary N) is 2. The molecule has 82 valence electrons. The molecule has 0 radical (unpaired) electrons. The highest BCUT2D eigenvalue weighted by Crippen LogP contribution is 2.06. The summed E-state index contributed by atoms with van der Waals surface area (Å²) in [5.74, 6) is -0.307. The zero-order valence-electron chi connectivity index (χ0n) is 8.66. The lowest BCUT2D eigenvalue weighted by atomic mass is 10.4. The van der Waals surface area contributed by atoms with Gasteiger partial charge in [0.15, 0.2) is 0 Å². The first kappa shape index (κ1) is 11.6. The summed E-state index contributed by atoms with van der Waals surface area (Å²) in [6.07, 6.45) is 0. The van der Waals surface area contributed by atoms with Gasteiger partial charge in [0.25, 0.3) is 5.91 Å². The molecule has 1 aromatic rings. The fourth-order valence-corrected chi connectivity index (χ4v) is 1.57. The number of rotatable bonds is 4. The normalized spacial score (nSPS) is 9.73. The monoisotopic (exact) mass is 227 g/mol. The molecule has 1 aromatic heterocycles. The highest BCUT2D eigenvalue weighted by Gasteiger charge is 2.07. The first-order chi connectivity index (χ1) is 7.09. The van der Waals surface area contributed by atoms with Crippen molar-refractivity contribution in [1.82, 2.24) is 15.6 Å². The Hall–Kier alpha value is -1.43. The summed E-state index contributed by atoms with van der Waals surface area (Å²) in [6, 6.07) is 0. The summed E-state index contributed by atoms with van der Waals surface area (Å²) >= 11 is 1.44. The van der Waals surface area contributed by atoms with Crippen molar-refractivity contribution in [2.75, 3.05) is 13.1 Å². The first-order valence-corrected chi connectivity index (χ1v) is 5.42. The predicted octanol–water partition coefficient (Wildman–Crippen LogP) is 0.317. The van der Waals surface area contributed by atoms with Crippen LogP contribution < -0.4 is 10.6 Å². The van der Waals surface area contributed by atoms with E-state index in [2.05, 4.69) is 15.6 Å². The van der Waals surface area contributed by atoms with Gasteiger partial charge in [0.05, 0.1) is 5.01 Å². The van der Waals surface area contributed by atoms with Gasteiger partial charge in [0, 0.05) is 25.4 Å². The molecule has 0 aliphatic rings. The number of amides is 2. The fourth-order valence-electron chi connectivity index (χ4n) is 0.973. The van der Waals surface area contributed by atoms with Gasteiger partial charge in [-0.1, -0.05) is 0 Å². The molecule has 0 aromatic carbocycles. The topological polar surface area (TPSA) is 71.1 Å². The number of hydrogen-bond donors (Lipinski definition) is 2. The number of carbonyl (C=O) groups excluding carboxylic acids is 2. The van der Waals surface area contributed by atoms with E-state index in [-0.39, 0.29) is 11.8 Å². The van der Waals surface area contributed by atoms with Crippen LogP contribution in [0.2, 0.25) is 0 Å². The Labute approximate surface area is 91.9 Å². The van der Waals surface area contributed by atoms with Crippen LogP contribution in [0, 0.1) is 6.92 Å². The van der Waals surface area contributed by atoms with Gasteiger partial charge in [-0.25, -0.2) is 4.98 Å². The van der Waals surface area contributed by atoms with Crippen molar-refractivity contribution in [3.05, 3.63) is 16.1 Å². The molecule has 0 saturated carbocycles. The standard InChI is InChI=1S/C9H13N3O2S/c1-6(13)10-3-4-11-9(14)8-5-15-7(2)12-8/h5H,3-4H2,1-2H3,(H,10,13)(H,11,14). The summed E-state index contributed by atoms with van der Waals surface area (Å²) in [4.78, 5) is 26.0. The van der Waals surface area contributed by atoms with Crippen molar-refractivity contribution in [2.45, 2.75) is 13.8 Å². The fraction of sp³-hybridized carbons (Fsp3) is 0.444. The maximum absolute atomic E-state index is 11.4. The van der Waals surface area contributed by atoms with Gasteiger partial charge < -0.3 is 10.6 Å². The lowest BCUT2D eigenvalue weighted by molar-refractivity contribution is -0.118. The second-order valence-corrected chi connectivity index (χ2v) is 4.05. The minimum Gasteiger partial charge on any atom is -0.355 e. The zero-order valence-corrected chi connectivity index (χ0v) is 9.48. The summed E-state index contributed by atoms with van der Waals surface area (Å²) < 4.78 is 0. The number of aromatic nitrogens is 1. The van der Waals surface area contributed by atoms with Crippen LogP contribution in [0.25, 0.3) is 0 Å². The molecule has 0 unspecified atom stereocenters. The Morgan fingerprint density at radius 3 is 2.60 bits per heavy atom. The minimum atomic E-state index is -0.204. The van der Waals surface area contributed by atoms with E-state index in [0.717, 1.165) is 5.01 Å². The number of carbonyl (C=O) groups is 2. The van der Waals surface area contributed by atoms with E-state index in [0.29, 0.717) is 18.8 Å². The van der Waals surface area contributed by atoms with E-state index in [1.54, 1.807) is 5.38 Å². The third-order valence-electron chi connectivity index (χ3n) is 1.64. The van der Waals surface area contributed by atoms with Gasteiger partial charge in [0.1, 0.15) is 5.69 Å². The largest absolute Gasteiger partial charge is 0.355 e. The van der Waals surface area contributed by atoms with Crippen LogP contribution in [0.4, 0.5) is 0 Å². The van der Waals surface area contributed by atoms with E-state index >= 15 is 0 Å². The van der Waals surface area contributed by atoms with Crippen LogP contribution in [0.1, 0.15) is 22.4 Å². The number of thiazole rings is 1. The molecule has 2 N–H and O–H groups in total. The molecule has 0 bridgehead atoms. The number of aryl methyl sites for hydroxylation is 1. The van der Waals surface area contributed by atoms with Crippen LogP contribution in [0.5, 0.6) is 0 Å². The van der Waals surface area contributed by atoms with E-state index in [9.17, 15) is 9.59 Å². The van der Waals surface area contributed by atoms with Gasteiger partial charge >= 0.3 is 0 Å². The van der Waals surface area contributed by atoms with E-state index in [1.807, 2.05) is 6.92 Å². The molecular weight excluding hydrogens is 214 g/mol.